The van der Waals surface area contributed by atoms with Gasteiger partial charge >= 0.3 is 12.1 Å². The monoisotopic (exact) mass is 393 g/mol. The lowest BCUT2D eigenvalue weighted by molar-refractivity contribution is -0.138. The number of ether oxygens (including phenoxy) is 1. The van der Waals surface area contributed by atoms with E-state index < -0.39 is 48.1 Å². The van der Waals surface area contributed by atoms with E-state index in [-0.39, 0.29) is 6.42 Å². The predicted octanol–water partition coefficient (Wildman–Crippen LogP) is 0.828. The summed E-state index contributed by atoms with van der Waals surface area (Å²) in [6.45, 7) is 5.97. The van der Waals surface area contributed by atoms with E-state index in [0.29, 0.717) is 0 Å². The van der Waals surface area contributed by atoms with Crippen molar-refractivity contribution in [1.29, 1.82) is 0 Å². The van der Waals surface area contributed by atoms with Crippen molar-refractivity contribution in [3.63, 3.8) is 0 Å². The molecule has 3 amide bonds. The summed E-state index contributed by atoms with van der Waals surface area (Å²) in [6, 6.07) is 7.09. The first-order valence-corrected chi connectivity index (χ1v) is 8.81. The fraction of sp³-hybridized carbons (Fsp3) is 0.474. The summed E-state index contributed by atoms with van der Waals surface area (Å²) >= 11 is 0. The third-order valence-corrected chi connectivity index (χ3v) is 3.46. The Morgan fingerprint density at radius 3 is 2.18 bits per heavy atom. The van der Waals surface area contributed by atoms with Crippen molar-refractivity contribution >= 4 is 23.9 Å². The number of hydrogen-bond donors (Lipinski definition) is 4. The number of amides is 3. The largest absolute Gasteiger partial charge is 0.480 e. The number of benzene rings is 1. The molecule has 0 aliphatic carbocycles. The molecule has 0 heterocycles. The average molecular weight is 393 g/mol. The minimum atomic E-state index is -1.19. The number of aliphatic carboxylic acids is 1. The smallest absolute Gasteiger partial charge is 0.408 e. The maximum absolute atomic E-state index is 12.6. The zero-order valence-corrected chi connectivity index (χ0v) is 16.4. The van der Waals surface area contributed by atoms with E-state index in [1.165, 1.54) is 6.92 Å². The molecule has 154 valence electrons. The Labute approximate surface area is 163 Å². The molecule has 0 saturated carbocycles. The van der Waals surface area contributed by atoms with Crippen molar-refractivity contribution < 1.29 is 29.0 Å². The highest BCUT2D eigenvalue weighted by Crippen LogP contribution is 2.09. The second kappa shape index (κ2) is 10.3. The molecular formula is C19H27N3O6. The lowest BCUT2D eigenvalue weighted by atomic mass is 10.0. The Hall–Kier alpha value is -3.10. The fourth-order valence-electron chi connectivity index (χ4n) is 2.20. The van der Waals surface area contributed by atoms with Crippen LogP contribution in [0.2, 0.25) is 0 Å². The fourth-order valence-corrected chi connectivity index (χ4v) is 2.20. The number of carbonyl (C=O) groups is 4. The summed E-state index contributed by atoms with van der Waals surface area (Å²) in [6.07, 6.45) is -0.568. The van der Waals surface area contributed by atoms with E-state index in [1.54, 1.807) is 45.0 Å². The molecule has 28 heavy (non-hydrogen) atoms. The normalized spacial score (nSPS) is 13.0. The highest BCUT2D eigenvalue weighted by atomic mass is 16.6. The third kappa shape index (κ3) is 9.02. The van der Waals surface area contributed by atoms with Crippen LogP contribution in [0.15, 0.2) is 30.3 Å². The summed E-state index contributed by atoms with van der Waals surface area (Å²) in [7, 11) is 0. The average Bonchev–Trinajstić information content (AvgIpc) is 2.58. The molecule has 0 bridgehead atoms. The zero-order valence-electron chi connectivity index (χ0n) is 16.4. The van der Waals surface area contributed by atoms with Crippen molar-refractivity contribution in [2.75, 3.05) is 6.54 Å². The molecule has 9 heteroatoms. The van der Waals surface area contributed by atoms with Gasteiger partial charge in [-0.05, 0) is 33.3 Å². The van der Waals surface area contributed by atoms with Gasteiger partial charge in [0.15, 0.2) is 0 Å². The maximum Gasteiger partial charge on any atom is 0.408 e. The summed E-state index contributed by atoms with van der Waals surface area (Å²) < 4.78 is 5.20. The summed E-state index contributed by atoms with van der Waals surface area (Å²) in [5.74, 6) is -2.43. The van der Waals surface area contributed by atoms with Gasteiger partial charge in [0.25, 0.3) is 0 Å². The van der Waals surface area contributed by atoms with E-state index in [1.807, 2.05) is 6.07 Å². The second-order valence-electron chi connectivity index (χ2n) is 7.23. The molecule has 1 aromatic rings. The molecule has 0 aliphatic heterocycles. The minimum Gasteiger partial charge on any atom is -0.480 e. The summed E-state index contributed by atoms with van der Waals surface area (Å²) in [5, 5.41) is 15.8. The van der Waals surface area contributed by atoms with Crippen LogP contribution in [0.3, 0.4) is 0 Å². The molecule has 0 aromatic heterocycles. The molecule has 0 aliphatic rings. The van der Waals surface area contributed by atoms with Gasteiger partial charge < -0.3 is 25.8 Å². The molecular weight excluding hydrogens is 366 g/mol. The van der Waals surface area contributed by atoms with Crippen LogP contribution >= 0.6 is 0 Å². The number of carbonyl (C=O) groups excluding carboxylic acids is 3. The lowest BCUT2D eigenvalue weighted by Crippen LogP contribution is -2.54. The summed E-state index contributed by atoms with van der Waals surface area (Å²) in [4.78, 5) is 47.1. The van der Waals surface area contributed by atoms with Crippen molar-refractivity contribution in [3.8, 4) is 0 Å². The highest BCUT2D eigenvalue weighted by Gasteiger charge is 2.27. The molecule has 0 spiro atoms. The quantitative estimate of drug-likeness (QED) is 0.517. The molecule has 9 nitrogen and oxygen atoms in total. The van der Waals surface area contributed by atoms with E-state index in [9.17, 15) is 19.2 Å². The van der Waals surface area contributed by atoms with Gasteiger partial charge in [-0.3, -0.25) is 14.4 Å². The molecule has 1 aromatic carbocycles. The molecule has 0 fully saturated rings. The van der Waals surface area contributed by atoms with Gasteiger partial charge in [0, 0.05) is 6.42 Å². The number of carboxylic acid groups (broad SMARTS) is 1. The zero-order chi connectivity index (χ0) is 21.3. The summed E-state index contributed by atoms with van der Waals surface area (Å²) in [5.41, 5.74) is 0.0729. The lowest BCUT2D eigenvalue weighted by Gasteiger charge is -2.24. The molecule has 0 radical (unpaired) electrons. The Bertz CT molecular complexity index is 699. The Balaban J connectivity index is 2.81. The van der Waals surface area contributed by atoms with Gasteiger partial charge in [-0.25, -0.2) is 4.79 Å². The first-order valence-electron chi connectivity index (χ1n) is 8.81. The van der Waals surface area contributed by atoms with Crippen LogP contribution < -0.4 is 16.0 Å². The van der Waals surface area contributed by atoms with Gasteiger partial charge in [0.1, 0.15) is 24.2 Å². The van der Waals surface area contributed by atoms with Gasteiger partial charge in [-0.1, -0.05) is 30.3 Å². The molecule has 0 saturated heterocycles. The van der Waals surface area contributed by atoms with Gasteiger partial charge in [-0.2, -0.15) is 0 Å². The number of nitrogens with one attached hydrogen (secondary N) is 3. The van der Waals surface area contributed by atoms with E-state index in [2.05, 4.69) is 16.0 Å². The SMILES string of the molecule is CC(NC(=O)C(Cc1ccccc1)NC(=O)OC(C)(C)C)C(=O)NCC(=O)O. The highest BCUT2D eigenvalue weighted by molar-refractivity contribution is 5.92. The second-order valence-corrected chi connectivity index (χ2v) is 7.23. The Morgan fingerprint density at radius 2 is 1.64 bits per heavy atom. The van der Waals surface area contributed by atoms with Gasteiger partial charge in [0.2, 0.25) is 11.8 Å². The number of carboxylic acids is 1. The van der Waals surface area contributed by atoms with Crippen molar-refractivity contribution in [2.45, 2.75) is 51.8 Å². The Kier molecular flexibility index (Phi) is 8.43. The maximum atomic E-state index is 12.6. The topological polar surface area (TPSA) is 134 Å². The van der Waals surface area contributed by atoms with Crippen LogP contribution in [-0.4, -0.2) is 53.2 Å². The van der Waals surface area contributed by atoms with Crippen molar-refractivity contribution in [3.05, 3.63) is 35.9 Å². The Morgan fingerprint density at radius 1 is 1.04 bits per heavy atom. The number of alkyl carbamates (subject to hydrolysis) is 1. The minimum absolute atomic E-state index is 0.190. The van der Waals surface area contributed by atoms with Gasteiger partial charge in [-0.15, -0.1) is 0 Å². The predicted molar refractivity (Wildman–Crippen MR) is 102 cm³/mol. The van der Waals surface area contributed by atoms with Crippen LogP contribution in [-0.2, 0) is 25.5 Å². The number of rotatable bonds is 8. The van der Waals surface area contributed by atoms with Crippen molar-refractivity contribution in [1.82, 2.24) is 16.0 Å². The van der Waals surface area contributed by atoms with Crippen LogP contribution in [0.5, 0.6) is 0 Å². The van der Waals surface area contributed by atoms with E-state index in [4.69, 9.17) is 9.84 Å². The number of hydrogen-bond acceptors (Lipinski definition) is 5. The van der Waals surface area contributed by atoms with E-state index in [0.717, 1.165) is 5.56 Å². The molecule has 2 atom stereocenters. The van der Waals surface area contributed by atoms with Crippen LogP contribution in [0, 0.1) is 0 Å². The molecule has 1 rings (SSSR count). The standard InChI is InChI=1S/C19H27N3O6/c1-12(16(25)20-11-15(23)24)21-17(26)14(10-13-8-6-5-7-9-13)22-18(27)28-19(2,3)4/h5-9,12,14H,10-11H2,1-4H3,(H,20,25)(H,21,26)(H,22,27)(H,23,24). The van der Waals surface area contributed by atoms with E-state index >= 15 is 0 Å². The third-order valence-electron chi connectivity index (χ3n) is 3.46. The van der Waals surface area contributed by atoms with Crippen molar-refractivity contribution in [2.24, 2.45) is 0 Å². The molecule has 2 unspecified atom stereocenters. The molecule has 4 N–H and O–H groups in total. The first-order chi connectivity index (χ1) is 13.0. The van der Waals surface area contributed by atoms with Gasteiger partial charge in [0.05, 0.1) is 0 Å². The first kappa shape index (κ1) is 22.9. The van der Waals surface area contributed by atoms with Crippen LogP contribution in [0.1, 0.15) is 33.3 Å². The van der Waals surface area contributed by atoms with Crippen LogP contribution in [0.25, 0.3) is 0 Å². The van der Waals surface area contributed by atoms with Crippen LogP contribution in [0.4, 0.5) is 4.79 Å².